The van der Waals surface area contributed by atoms with Crippen molar-refractivity contribution < 1.29 is 0 Å². The smallest absolute Gasteiger partial charge is 0.0789 e. The highest BCUT2D eigenvalue weighted by Crippen LogP contribution is 2.29. The van der Waals surface area contributed by atoms with Crippen molar-refractivity contribution in [3.8, 4) is 0 Å². The van der Waals surface area contributed by atoms with Crippen LogP contribution in [0.3, 0.4) is 0 Å². The third-order valence-electron chi connectivity index (χ3n) is 2.11. The second kappa shape index (κ2) is 4.36. The molecule has 1 aromatic carbocycles. The van der Waals surface area contributed by atoms with Crippen molar-refractivity contribution in [2.24, 2.45) is 0 Å². The highest BCUT2D eigenvalue weighted by atomic mass is 35.5. The predicted molar refractivity (Wildman–Crippen MR) is 59.3 cm³/mol. The van der Waals surface area contributed by atoms with Gasteiger partial charge in [-0.15, -0.1) is 11.8 Å². The predicted octanol–water partition coefficient (Wildman–Crippen LogP) is 3.07. The van der Waals surface area contributed by atoms with E-state index in [9.17, 15) is 0 Å². The fraction of sp³-hybridized carbons (Fsp3) is 0.400. The minimum atomic E-state index is 0.464. The Hall–Kier alpha value is -0.180. The van der Waals surface area contributed by atoms with Crippen molar-refractivity contribution in [1.29, 1.82) is 0 Å². The van der Waals surface area contributed by atoms with Crippen LogP contribution in [-0.4, -0.2) is 12.3 Å². The molecule has 0 radical (unpaired) electrons. The molecule has 1 heterocycles. The van der Waals surface area contributed by atoms with Crippen LogP contribution in [0.1, 0.15) is 17.4 Å². The van der Waals surface area contributed by atoms with E-state index in [1.54, 1.807) is 0 Å². The molecule has 70 valence electrons. The lowest BCUT2D eigenvalue weighted by atomic mass is 10.2. The molecule has 0 aliphatic carbocycles. The van der Waals surface area contributed by atoms with Crippen molar-refractivity contribution >= 4 is 23.4 Å². The van der Waals surface area contributed by atoms with Crippen LogP contribution in [0.25, 0.3) is 0 Å². The summed E-state index contributed by atoms with van der Waals surface area (Å²) in [5.41, 5.74) is 1.33. The van der Waals surface area contributed by atoms with Gasteiger partial charge in [-0.2, -0.15) is 0 Å². The van der Waals surface area contributed by atoms with Crippen molar-refractivity contribution in [2.45, 2.75) is 11.8 Å². The van der Waals surface area contributed by atoms with Gasteiger partial charge in [0.15, 0.2) is 0 Å². The van der Waals surface area contributed by atoms with Gasteiger partial charge in [-0.25, -0.2) is 0 Å². The van der Waals surface area contributed by atoms with E-state index in [-0.39, 0.29) is 0 Å². The van der Waals surface area contributed by atoms with Gasteiger partial charge in [-0.3, -0.25) is 0 Å². The topological polar surface area (TPSA) is 12.0 Å². The summed E-state index contributed by atoms with van der Waals surface area (Å²) < 4.78 is 0. The van der Waals surface area contributed by atoms with Crippen LogP contribution < -0.4 is 5.32 Å². The molecule has 1 aliphatic heterocycles. The van der Waals surface area contributed by atoms with Crippen molar-refractivity contribution in [3.05, 3.63) is 34.9 Å². The van der Waals surface area contributed by atoms with E-state index >= 15 is 0 Å². The fourth-order valence-electron chi connectivity index (χ4n) is 1.42. The lowest BCUT2D eigenvalue weighted by molar-refractivity contribution is 0.643. The van der Waals surface area contributed by atoms with E-state index in [0.717, 1.165) is 11.6 Å². The molecule has 1 aliphatic rings. The van der Waals surface area contributed by atoms with E-state index < -0.39 is 0 Å². The maximum absolute atomic E-state index is 5.82. The zero-order valence-corrected chi connectivity index (χ0v) is 8.87. The normalized spacial score (nSPS) is 23.0. The third kappa shape index (κ3) is 2.39. The average molecular weight is 214 g/mol. The Morgan fingerprint density at radius 1 is 1.31 bits per heavy atom. The van der Waals surface area contributed by atoms with E-state index in [1.165, 1.54) is 17.7 Å². The second-order valence-electron chi connectivity index (χ2n) is 3.11. The maximum Gasteiger partial charge on any atom is 0.0789 e. The summed E-state index contributed by atoms with van der Waals surface area (Å²) in [5, 5.41) is 4.75. The number of benzene rings is 1. The number of hydrogen-bond donors (Lipinski definition) is 1. The molecule has 3 heteroatoms. The molecule has 2 rings (SSSR count). The van der Waals surface area contributed by atoms with Crippen LogP contribution in [0.15, 0.2) is 24.3 Å². The standard InChI is InChI=1S/C10H12ClNS/c11-9-4-2-8(3-5-9)10-12-6-1-7-13-10/h2-5,10,12H,1,6-7H2. The lowest BCUT2D eigenvalue weighted by Gasteiger charge is -2.23. The summed E-state index contributed by atoms with van der Waals surface area (Å²) in [6.07, 6.45) is 1.27. The summed E-state index contributed by atoms with van der Waals surface area (Å²) in [4.78, 5) is 0. The number of thioether (sulfide) groups is 1. The highest BCUT2D eigenvalue weighted by molar-refractivity contribution is 7.99. The highest BCUT2D eigenvalue weighted by Gasteiger charge is 2.14. The first-order valence-electron chi connectivity index (χ1n) is 4.47. The Kier molecular flexibility index (Phi) is 3.14. The molecule has 0 aromatic heterocycles. The molecule has 1 unspecified atom stereocenters. The fourth-order valence-corrected chi connectivity index (χ4v) is 2.68. The second-order valence-corrected chi connectivity index (χ2v) is 4.76. The van der Waals surface area contributed by atoms with Gasteiger partial charge in [0.05, 0.1) is 5.37 Å². The van der Waals surface area contributed by atoms with Gasteiger partial charge in [0, 0.05) is 5.02 Å². The summed E-state index contributed by atoms with van der Waals surface area (Å²) >= 11 is 7.79. The summed E-state index contributed by atoms with van der Waals surface area (Å²) in [5.74, 6) is 1.25. The molecule has 0 spiro atoms. The number of rotatable bonds is 1. The van der Waals surface area contributed by atoms with Gasteiger partial charge in [-0.1, -0.05) is 23.7 Å². The van der Waals surface area contributed by atoms with Gasteiger partial charge < -0.3 is 5.32 Å². The molecule has 1 fully saturated rings. The minimum absolute atomic E-state index is 0.464. The van der Waals surface area contributed by atoms with E-state index in [4.69, 9.17) is 11.6 Å². The Morgan fingerprint density at radius 3 is 2.69 bits per heavy atom. The number of hydrogen-bond acceptors (Lipinski definition) is 2. The largest absolute Gasteiger partial charge is 0.302 e. The summed E-state index contributed by atoms with van der Waals surface area (Å²) in [6, 6.07) is 8.10. The number of nitrogens with one attached hydrogen (secondary N) is 1. The van der Waals surface area contributed by atoms with Crippen molar-refractivity contribution in [1.82, 2.24) is 5.32 Å². The van der Waals surface area contributed by atoms with Gasteiger partial charge in [0.1, 0.15) is 0 Å². The van der Waals surface area contributed by atoms with Crippen LogP contribution >= 0.6 is 23.4 Å². The van der Waals surface area contributed by atoms with Gasteiger partial charge in [0.2, 0.25) is 0 Å². The first-order chi connectivity index (χ1) is 6.36. The van der Waals surface area contributed by atoms with Crippen LogP contribution in [0.2, 0.25) is 5.02 Å². The summed E-state index contributed by atoms with van der Waals surface area (Å²) in [6.45, 7) is 1.13. The Balaban J connectivity index is 2.10. The van der Waals surface area contributed by atoms with Gasteiger partial charge in [0.25, 0.3) is 0 Å². The van der Waals surface area contributed by atoms with Crippen LogP contribution in [-0.2, 0) is 0 Å². The molecule has 1 N–H and O–H groups in total. The molecule has 1 atom stereocenters. The van der Waals surface area contributed by atoms with Gasteiger partial charge in [-0.05, 0) is 36.4 Å². The Labute approximate surface area is 87.9 Å². The SMILES string of the molecule is Clc1ccc(C2NCCCS2)cc1. The molecule has 1 saturated heterocycles. The van der Waals surface area contributed by atoms with Gasteiger partial charge >= 0.3 is 0 Å². The Morgan fingerprint density at radius 2 is 2.08 bits per heavy atom. The van der Waals surface area contributed by atoms with E-state index in [0.29, 0.717) is 5.37 Å². The molecule has 1 aromatic rings. The van der Waals surface area contributed by atoms with Crippen molar-refractivity contribution in [3.63, 3.8) is 0 Å². The third-order valence-corrected chi connectivity index (χ3v) is 3.66. The quantitative estimate of drug-likeness (QED) is 0.770. The molecule has 0 bridgehead atoms. The lowest BCUT2D eigenvalue weighted by Crippen LogP contribution is -2.25. The molecule has 1 nitrogen and oxygen atoms in total. The average Bonchev–Trinajstić information content (AvgIpc) is 2.20. The molecule has 13 heavy (non-hydrogen) atoms. The Bertz CT molecular complexity index is 267. The van der Waals surface area contributed by atoms with Crippen LogP contribution in [0, 0.1) is 0 Å². The maximum atomic E-state index is 5.82. The molecular weight excluding hydrogens is 202 g/mol. The molecular formula is C10H12ClNS. The first-order valence-corrected chi connectivity index (χ1v) is 5.89. The monoisotopic (exact) mass is 213 g/mol. The molecule has 0 amide bonds. The van der Waals surface area contributed by atoms with Crippen molar-refractivity contribution in [2.75, 3.05) is 12.3 Å². The summed E-state index contributed by atoms with van der Waals surface area (Å²) in [7, 11) is 0. The zero-order valence-electron chi connectivity index (χ0n) is 7.29. The zero-order chi connectivity index (χ0) is 9.10. The minimum Gasteiger partial charge on any atom is -0.302 e. The molecule has 0 saturated carbocycles. The first kappa shape index (κ1) is 9.38. The van der Waals surface area contributed by atoms with E-state index in [2.05, 4.69) is 17.4 Å². The van der Waals surface area contributed by atoms with E-state index in [1.807, 2.05) is 23.9 Å². The van der Waals surface area contributed by atoms with Crippen LogP contribution in [0.5, 0.6) is 0 Å². The number of halogens is 1. The van der Waals surface area contributed by atoms with Crippen LogP contribution in [0.4, 0.5) is 0 Å².